The molecule has 0 N–H and O–H groups in total. The average Bonchev–Trinajstić information content (AvgIpc) is 3.45. The molecule has 1 unspecified atom stereocenters. The standard InChI is InChI=1S/C25H30N2O4S/c1-3-29-25(28)22-10-4-5-13-27(22)17-19-8-6-9-20(16-19)30-14-12-21-18(2)31-24(26-21)23-11-7-15-32-23/h6-9,11,15-16,22H,3-5,10,12-14,17H2,1-2H3. The van der Waals surface area contributed by atoms with Gasteiger partial charge in [0, 0.05) is 13.0 Å². The molecule has 1 atom stereocenters. The molecule has 0 radical (unpaired) electrons. The van der Waals surface area contributed by atoms with Gasteiger partial charge in [-0.05, 0) is 62.4 Å². The summed E-state index contributed by atoms with van der Waals surface area (Å²) in [5.74, 6) is 2.23. The van der Waals surface area contributed by atoms with Crippen molar-refractivity contribution in [2.45, 2.75) is 52.1 Å². The van der Waals surface area contributed by atoms with Crippen molar-refractivity contribution in [3.8, 4) is 16.5 Å². The number of aryl methyl sites for hydroxylation is 1. The average molecular weight is 455 g/mol. The highest BCUT2D eigenvalue weighted by Crippen LogP contribution is 2.26. The highest BCUT2D eigenvalue weighted by molar-refractivity contribution is 7.13. The molecular formula is C25H30N2O4S. The molecule has 0 aliphatic carbocycles. The lowest BCUT2D eigenvalue weighted by atomic mass is 10.0. The molecule has 0 amide bonds. The molecule has 1 aromatic carbocycles. The largest absolute Gasteiger partial charge is 0.493 e. The van der Waals surface area contributed by atoms with Crippen LogP contribution in [0.4, 0.5) is 0 Å². The number of hydrogen-bond donors (Lipinski definition) is 0. The number of aromatic nitrogens is 1. The van der Waals surface area contributed by atoms with Crippen LogP contribution in [0, 0.1) is 6.92 Å². The van der Waals surface area contributed by atoms with Crippen molar-refractivity contribution in [2.24, 2.45) is 0 Å². The van der Waals surface area contributed by atoms with E-state index in [2.05, 4.69) is 22.0 Å². The molecule has 7 heteroatoms. The van der Waals surface area contributed by atoms with Crippen LogP contribution in [0.15, 0.2) is 46.2 Å². The molecule has 3 heterocycles. The summed E-state index contributed by atoms with van der Waals surface area (Å²) >= 11 is 1.62. The van der Waals surface area contributed by atoms with Gasteiger partial charge in [-0.3, -0.25) is 9.69 Å². The van der Waals surface area contributed by atoms with Gasteiger partial charge in [-0.2, -0.15) is 0 Å². The number of likely N-dealkylation sites (tertiary alicyclic amines) is 1. The Morgan fingerprint density at radius 2 is 2.19 bits per heavy atom. The van der Waals surface area contributed by atoms with E-state index in [0.717, 1.165) is 53.5 Å². The van der Waals surface area contributed by atoms with Crippen LogP contribution in [0.2, 0.25) is 0 Å². The second-order valence-corrected chi connectivity index (χ2v) is 8.93. The SMILES string of the molecule is CCOC(=O)C1CCCCN1Cc1cccc(OCCc2nc(-c3cccs3)oc2C)c1. The normalized spacial score (nSPS) is 16.8. The molecule has 0 spiro atoms. The van der Waals surface area contributed by atoms with E-state index >= 15 is 0 Å². The predicted molar refractivity (Wildman–Crippen MR) is 125 cm³/mol. The van der Waals surface area contributed by atoms with E-state index in [1.54, 1.807) is 11.3 Å². The first-order chi connectivity index (χ1) is 15.6. The van der Waals surface area contributed by atoms with Crippen molar-refractivity contribution in [1.29, 1.82) is 0 Å². The van der Waals surface area contributed by atoms with Gasteiger partial charge >= 0.3 is 5.97 Å². The van der Waals surface area contributed by atoms with Crippen LogP contribution in [0.25, 0.3) is 10.8 Å². The maximum absolute atomic E-state index is 12.3. The van der Waals surface area contributed by atoms with E-state index in [0.29, 0.717) is 32.1 Å². The minimum absolute atomic E-state index is 0.107. The van der Waals surface area contributed by atoms with Crippen LogP contribution < -0.4 is 4.74 Å². The number of thiophene rings is 1. The van der Waals surface area contributed by atoms with E-state index < -0.39 is 0 Å². The van der Waals surface area contributed by atoms with Crippen LogP contribution in [0.1, 0.15) is 43.2 Å². The topological polar surface area (TPSA) is 64.8 Å². The van der Waals surface area contributed by atoms with Gasteiger partial charge < -0.3 is 13.9 Å². The molecule has 1 aliphatic rings. The number of rotatable bonds is 9. The molecule has 6 nitrogen and oxygen atoms in total. The second-order valence-electron chi connectivity index (χ2n) is 7.98. The van der Waals surface area contributed by atoms with Crippen LogP contribution in [0.3, 0.4) is 0 Å². The number of carbonyl (C=O) groups is 1. The smallest absolute Gasteiger partial charge is 0.323 e. The molecule has 0 bridgehead atoms. The summed E-state index contributed by atoms with van der Waals surface area (Å²) in [7, 11) is 0. The van der Waals surface area contributed by atoms with Gasteiger partial charge in [0.25, 0.3) is 0 Å². The van der Waals surface area contributed by atoms with Crippen molar-refractivity contribution < 1.29 is 18.7 Å². The first-order valence-corrected chi connectivity index (χ1v) is 12.1. The minimum atomic E-state index is -0.152. The van der Waals surface area contributed by atoms with E-state index in [-0.39, 0.29) is 12.0 Å². The number of carbonyl (C=O) groups excluding carboxylic acids is 1. The van der Waals surface area contributed by atoms with Crippen molar-refractivity contribution >= 4 is 17.3 Å². The zero-order valence-corrected chi connectivity index (χ0v) is 19.5. The Kier molecular flexibility index (Phi) is 7.60. The highest BCUT2D eigenvalue weighted by Gasteiger charge is 2.29. The van der Waals surface area contributed by atoms with Crippen molar-refractivity contribution in [3.63, 3.8) is 0 Å². The van der Waals surface area contributed by atoms with Crippen molar-refractivity contribution in [3.05, 3.63) is 58.8 Å². The Hall–Kier alpha value is -2.64. The number of ether oxygens (including phenoxy) is 2. The number of esters is 1. The summed E-state index contributed by atoms with van der Waals surface area (Å²) in [5.41, 5.74) is 2.06. The van der Waals surface area contributed by atoms with E-state index in [4.69, 9.17) is 13.9 Å². The molecule has 1 saturated heterocycles. The fourth-order valence-electron chi connectivity index (χ4n) is 4.08. The Bertz CT molecular complexity index is 1010. The van der Waals surface area contributed by atoms with Gasteiger partial charge in [-0.1, -0.05) is 24.6 Å². The Balaban J connectivity index is 1.34. The second kappa shape index (κ2) is 10.8. The predicted octanol–water partition coefficient (Wildman–Crippen LogP) is 5.25. The summed E-state index contributed by atoms with van der Waals surface area (Å²) in [4.78, 5) is 20.2. The first kappa shape index (κ1) is 22.6. The molecular weight excluding hydrogens is 424 g/mol. The molecule has 1 fully saturated rings. The monoisotopic (exact) mass is 454 g/mol. The quantitative estimate of drug-likeness (QED) is 0.412. The Morgan fingerprint density at radius 1 is 1.28 bits per heavy atom. The molecule has 1 aliphatic heterocycles. The zero-order valence-electron chi connectivity index (χ0n) is 18.7. The Labute approximate surface area is 193 Å². The van der Waals surface area contributed by atoms with Crippen LogP contribution in [-0.4, -0.2) is 41.7 Å². The maximum atomic E-state index is 12.3. The lowest BCUT2D eigenvalue weighted by Crippen LogP contribution is -2.44. The van der Waals surface area contributed by atoms with Crippen LogP contribution in [0.5, 0.6) is 5.75 Å². The summed E-state index contributed by atoms with van der Waals surface area (Å²) in [6, 6.07) is 12.0. The Morgan fingerprint density at radius 3 is 3.00 bits per heavy atom. The number of oxazole rings is 1. The molecule has 3 aromatic rings. The minimum Gasteiger partial charge on any atom is -0.493 e. The number of hydrogen-bond acceptors (Lipinski definition) is 7. The van der Waals surface area contributed by atoms with E-state index in [1.807, 2.05) is 43.5 Å². The number of benzene rings is 1. The summed E-state index contributed by atoms with van der Waals surface area (Å²) in [5, 5.41) is 2.02. The van der Waals surface area contributed by atoms with Gasteiger partial charge in [0.2, 0.25) is 5.89 Å². The summed E-state index contributed by atoms with van der Waals surface area (Å²) < 4.78 is 17.1. The summed E-state index contributed by atoms with van der Waals surface area (Å²) in [6.45, 7) is 6.37. The van der Waals surface area contributed by atoms with Crippen LogP contribution >= 0.6 is 11.3 Å². The van der Waals surface area contributed by atoms with Crippen LogP contribution in [-0.2, 0) is 22.5 Å². The lowest BCUT2D eigenvalue weighted by Gasteiger charge is -2.34. The van der Waals surface area contributed by atoms with Gasteiger partial charge in [0.1, 0.15) is 17.6 Å². The maximum Gasteiger partial charge on any atom is 0.323 e. The van der Waals surface area contributed by atoms with E-state index in [1.165, 1.54) is 0 Å². The lowest BCUT2D eigenvalue weighted by molar-refractivity contribution is -0.151. The molecule has 170 valence electrons. The number of nitrogens with zero attached hydrogens (tertiary/aromatic N) is 2. The van der Waals surface area contributed by atoms with Gasteiger partial charge in [-0.15, -0.1) is 11.3 Å². The molecule has 2 aromatic heterocycles. The van der Waals surface area contributed by atoms with E-state index in [9.17, 15) is 4.79 Å². The third-order valence-corrected chi connectivity index (χ3v) is 6.55. The highest BCUT2D eigenvalue weighted by atomic mass is 32.1. The van der Waals surface area contributed by atoms with Gasteiger partial charge in [-0.25, -0.2) is 4.98 Å². The molecule has 4 rings (SSSR count). The van der Waals surface area contributed by atoms with Gasteiger partial charge in [0.05, 0.1) is 23.8 Å². The van der Waals surface area contributed by atoms with Gasteiger partial charge in [0.15, 0.2) is 0 Å². The zero-order chi connectivity index (χ0) is 22.3. The fraction of sp³-hybridized carbons (Fsp3) is 0.440. The van der Waals surface area contributed by atoms with Crippen molar-refractivity contribution in [1.82, 2.24) is 9.88 Å². The number of piperidine rings is 1. The third-order valence-electron chi connectivity index (χ3n) is 5.69. The first-order valence-electron chi connectivity index (χ1n) is 11.3. The fourth-order valence-corrected chi connectivity index (χ4v) is 4.73. The molecule has 0 saturated carbocycles. The van der Waals surface area contributed by atoms with Crippen molar-refractivity contribution in [2.75, 3.05) is 19.8 Å². The molecule has 32 heavy (non-hydrogen) atoms. The summed E-state index contributed by atoms with van der Waals surface area (Å²) in [6.07, 6.45) is 3.72. The third kappa shape index (κ3) is 5.58.